The third kappa shape index (κ3) is 4.45. The highest BCUT2D eigenvalue weighted by molar-refractivity contribution is 7.92. The Kier molecular flexibility index (Phi) is 5.79. The van der Waals surface area contributed by atoms with Gasteiger partial charge in [0, 0.05) is 13.1 Å². The summed E-state index contributed by atoms with van der Waals surface area (Å²) in [5.74, 6) is -0.892. The predicted molar refractivity (Wildman–Crippen MR) is 87.4 cm³/mol. The lowest BCUT2D eigenvalue weighted by atomic mass is 10.2. The third-order valence-corrected chi connectivity index (χ3v) is 4.74. The molecule has 1 aliphatic rings. The Morgan fingerprint density at radius 2 is 1.96 bits per heavy atom. The molecule has 1 aromatic rings. The molecule has 1 amide bonds. The molecule has 0 radical (unpaired) electrons. The minimum Gasteiger partial charge on any atom is -0.465 e. The number of rotatable bonds is 5. The van der Waals surface area contributed by atoms with Gasteiger partial charge in [0.05, 0.1) is 37.8 Å². The number of hydrogen-bond acceptors (Lipinski definition) is 6. The number of anilines is 1. The van der Waals surface area contributed by atoms with E-state index in [2.05, 4.69) is 4.74 Å². The second-order valence-corrected chi connectivity index (χ2v) is 7.21. The number of esters is 1. The summed E-state index contributed by atoms with van der Waals surface area (Å²) >= 11 is 0. The van der Waals surface area contributed by atoms with Crippen LogP contribution < -0.4 is 4.31 Å². The molecule has 0 atom stereocenters. The van der Waals surface area contributed by atoms with Gasteiger partial charge in [0.2, 0.25) is 15.9 Å². The van der Waals surface area contributed by atoms with E-state index >= 15 is 0 Å². The van der Waals surface area contributed by atoms with Crippen LogP contribution in [0.4, 0.5) is 5.69 Å². The van der Waals surface area contributed by atoms with Crippen LogP contribution in [-0.2, 0) is 24.3 Å². The van der Waals surface area contributed by atoms with Crippen LogP contribution in [0.3, 0.4) is 0 Å². The molecule has 8 nitrogen and oxygen atoms in total. The van der Waals surface area contributed by atoms with Gasteiger partial charge in [-0.2, -0.15) is 0 Å². The summed E-state index contributed by atoms with van der Waals surface area (Å²) < 4.78 is 35.0. The molecule has 0 N–H and O–H groups in total. The predicted octanol–water partition coefficient (Wildman–Crippen LogP) is 0.0980. The molecule has 0 saturated carbocycles. The van der Waals surface area contributed by atoms with Crippen LogP contribution in [0.2, 0.25) is 0 Å². The zero-order valence-electron chi connectivity index (χ0n) is 13.6. The Labute approximate surface area is 141 Å². The Morgan fingerprint density at radius 3 is 2.54 bits per heavy atom. The zero-order valence-corrected chi connectivity index (χ0v) is 14.4. The minimum absolute atomic E-state index is 0.211. The number of amides is 1. The molecule has 0 aliphatic carbocycles. The number of morpholine rings is 1. The van der Waals surface area contributed by atoms with Gasteiger partial charge < -0.3 is 14.4 Å². The summed E-state index contributed by atoms with van der Waals surface area (Å²) in [4.78, 5) is 25.6. The molecule has 9 heteroatoms. The van der Waals surface area contributed by atoms with E-state index in [1.807, 2.05) is 0 Å². The summed E-state index contributed by atoms with van der Waals surface area (Å²) in [5.41, 5.74) is 0.449. The molecule has 0 aromatic heterocycles. The van der Waals surface area contributed by atoms with Gasteiger partial charge in [-0.05, 0) is 18.2 Å². The number of carbonyl (C=O) groups is 2. The number of ether oxygens (including phenoxy) is 2. The molecule has 1 aromatic carbocycles. The Balaban J connectivity index is 2.26. The molecule has 0 unspecified atom stereocenters. The topological polar surface area (TPSA) is 93.2 Å². The normalized spacial score (nSPS) is 15.0. The molecule has 1 heterocycles. The molecular weight excluding hydrogens is 336 g/mol. The molecule has 1 aliphatic heterocycles. The van der Waals surface area contributed by atoms with Crippen LogP contribution in [0.15, 0.2) is 24.3 Å². The van der Waals surface area contributed by atoms with Gasteiger partial charge in [-0.1, -0.05) is 6.07 Å². The van der Waals surface area contributed by atoms with E-state index in [0.717, 1.165) is 10.6 Å². The highest BCUT2D eigenvalue weighted by atomic mass is 32.2. The van der Waals surface area contributed by atoms with Gasteiger partial charge >= 0.3 is 5.97 Å². The van der Waals surface area contributed by atoms with E-state index in [9.17, 15) is 18.0 Å². The van der Waals surface area contributed by atoms with E-state index in [1.54, 1.807) is 11.0 Å². The van der Waals surface area contributed by atoms with Crippen LogP contribution >= 0.6 is 0 Å². The van der Waals surface area contributed by atoms with Crippen LogP contribution in [0.1, 0.15) is 10.4 Å². The van der Waals surface area contributed by atoms with Gasteiger partial charge in [0.1, 0.15) is 6.54 Å². The molecule has 2 rings (SSSR count). The lowest BCUT2D eigenvalue weighted by molar-refractivity contribution is -0.133. The number of benzene rings is 1. The van der Waals surface area contributed by atoms with E-state index in [-0.39, 0.29) is 23.7 Å². The molecular formula is C15H20N2O6S. The van der Waals surface area contributed by atoms with E-state index in [0.29, 0.717) is 26.3 Å². The maximum absolute atomic E-state index is 12.4. The van der Waals surface area contributed by atoms with Crippen molar-refractivity contribution in [3.05, 3.63) is 29.8 Å². The molecule has 0 spiro atoms. The fourth-order valence-corrected chi connectivity index (χ4v) is 3.18. The van der Waals surface area contributed by atoms with Crippen molar-refractivity contribution in [2.24, 2.45) is 0 Å². The monoisotopic (exact) mass is 356 g/mol. The van der Waals surface area contributed by atoms with Crippen LogP contribution in [0.5, 0.6) is 0 Å². The number of carbonyl (C=O) groups excluding carboxylic acids is 2. The van der Waals surface area contributed by atoms with Crippen LogP contribution in [0.25, 0.3) is 0 Å². The number of hydrogen-bond donors (Lipinski definition) is 0. The van der Waals surface area contributed by atoms with Crippen molar-refractivity contribution in [3.8, 4) is 0 Å². The fourth-order valence-electron chi connectivity index (χ4n) is 2.34. The van der Waals surface area contributed by atoms with E-state index in [4.69, 9.17) is 4.74 Å². The summed E-state index contributed by atoms with van der Waals surface area (Å²) in [6.07, 6.45) is 1.02. The first-order valence-corrected chi connectivity index (χ1v) is 9.19. The third-order valence-electron chi connectivity index (χ3n) is 3.60. The van der Waals surface area contributed by atoms with E-state index in [1.165, 1.54) is 25.3 Å². The lowest BCUT2D eigenvalue weighted by Gasteiger charge is -2.30. The fraction of sp³-hybridized carbons (Fsp3) is 0.467. The Morgan fingerprint density at radius 1 is 1.29 bits per heavy atom. The van der Waals surface area contributed by atoms with Crippen molar-refractivity contribution < 1.29 is 27.5 Å². The molecule has 1 fully saturated rings. The minimum atomic E-state index is -3.70. The van der Waals surface area contributed by atoms with Gasteiger partial charge in [-0.25, -0.2) is 13.2 Å². The first-order valence-electron chi connectivity index (χ1n) is 7.34. The summed E-state index contributed by atoms with van der Waals surface area (Å²) in [7, 11) is -2.46. The van der Waals surface area contributed by atoms with Crippen molar-refractivity contribution in [1.29, 1.82) is 0 Å². The standard InChI is InChI=1S/C15H20N2O6S/c1-22-15(19)12-4-3-5-13(10-12)17(24(2,20)21)11-14(18)16-6-8-23-9-7-16/h3-5,10H,6-9,11H2,1-2H3. The highest BCUT2D eigenvalue weighted by Gasteiger charge is 2.25. The maximum Gasteiger partial charge on any atom is 0.337 e. The molecule has 0 bridgehead atoms. The first-order chi connectivity index (χ1) is 11.3. The Hall–Kier alpha value is -2.13. The second-order valence-electron chi connectivity index (χ2n) is 5.30. The average molecular weight is 356 g/mol. The summed E-state index contributed by atoms with van der Waals surface area (Å²) in [5, 5.41) is 0. The smallest absolute Gasteiger partial charge is 0.337 e. The second kappa shape index (κ2) is 7.63. The van der Waals surface area contributed by atoms with Gasteiger partial charge in [-0.3, -0.25) is 9.10 Å². The van der Waals surface area contributed by atoms with Crippen molar-refractivity contribution in [2.75, 3.05) is 50.5 Å². The van der Waals surface area contributed by atoms with Gasteiger partial charge in [-0.15, -0.1) is 0 Å². The largest absolute Gasteiger partial charge is 0.465 e. The highest BCUT2D eigenvalue weighted by Crippen LogP contribution is 2.20. The number of methoxy groups -OCH3 is 1. The van der Waals surface area contributed by atoms with Gasteiger partial charge in [0.15, 0.2) is 0 Å². The maximum atomic E-state index is 12.4. The summed E-state index contributed by atoms with van der Waals surface area (Å²) in [6, 6.07) is 5.97. The Bertz CT molecular complexity index is 712. The molecule has 132 valence electrons. The van der Waals surface area contributed by atoms with Crippen molar-refractivity contribution in [3.63, 3.8) is 0 Å². The van der Waals surface area contributed by atoms with E-state index < -0.39 is 16.0 Å². The van der Waals surface area contributed by atoms with Gasteiger partial charge in [0.25, 0.3) is 0 Å². The molecule has 1 saturated heterocycles. The number of sulfonamides is 1. The van der Waals surface area contributed by atoms with Crippen LogP contribution in [-0.4, -0.2) is 71.4 Å². The van der Waals surface area contributed by atoms with Crippen molar-refractivity contribution in [2.45, 2.75) is 0 Å². The van der Waals surface area contributed by atoms with Crippen molar-refractivity contribution in [1.82, 2.24) is 4.90 Å². The quantitative estimate of drug-likeness (QED) is 0.695. The first kappa shape index (κ1) is 18.2. The van der Waals surface area contributed by atoms with Crippen LogP contribution in [0, 0.1) is 0 Å². The summed E-state index contributed by atoms with van der Waals surface area (Å²) in [6.45, 7) is 1.39. The SMILES string of the molecule is COC(=O)c1cccc(N(CC(=O)N2CCOCC2)S(C)(=O)=O)c1. The lowest BCUT2D eigenvalue weighted by Crippen LogP contribution is -2.47. The zero-order chi connectivity index (χ0) is 17.7. The molecule has 24 heavy (non-hydrogen) atoms. The van der Waals surface area contributed by atoms with Crippen molar-refractivity contribution >= 4 is 27.6 Å². The average Bonchev–Trinajstić information content (AvgIpc) is 2.58. The number of nitrogens with zero attached hydrogens (tertiary/aromatic N) is 2.